The molecule has 0 spiro atoms. The highest BCUT2D eigenvalue weighted by molar-refractivity contribution is 5.45. The predicted molar refractivity (Wildman–Crippen MR) is 64.5 cm³/mol. The van der Waals surface area contributed by atoms with Gasteiger partial charge in [-0.15, -0.1) is 0 Å². The number of anilines is 2. The lowest BCUT2D eigenvalue weighted by Crippen LogP contribution is -2.11. The van der Waals surface area contributed by atoms with Gasteiger partial charge < -0.3 is 15.2 Å². The molecule has 5 nitrogen and oxygen atoms in total. The van der Waals surface area contributed by atoms with Crippen LogP contribution in [0.15, 0.2) is 30.6 Å². The Bertz CT molecular complexity index is 435. The van der Waals surface area contributed by atoms with Crippen LogP contribution in [0.3, 0.4) is 0 Å². The molecular weight excluding hydrogens is 202 g/mol. The van der Waals surface area contributed by atoms with Gasteiger partial charge in [0, 0.05) is 26.5 Å². The smallest absolute Gasteiger partial charge is 0.130 e. The first-order chi connectivity index (χ1) is 7.75. The third-order valence-electron chi connectivity index (χ3n) is 2.18. The summed E-state index contributed by atoms with van der Waals surface area (Å²) in [4.78, 5) is 13.6. The van der Waals surface area contributed by atoms with Gasteiger partial charge in [-0.25, -0.2) is 9.97 Å². The first-order valence-electron chi connectivity index (χ1n) is 5.12. The van der Waals surface area contributed by atoms with E-state index < -0.39 is 0 Å². The van der Waals surface area contributed by atoms with E-state index >= 15 is 0 Å². The summed E-state index contributed by atoms with van der Waals surface area (Å²) in [5.74, 6) is 2.68. The van der Waals surface area contributed by atoms with Crippen molar-refractivity contribution < 1.29 is 0 Å². The third kappa shape index (κ3) is 2.50. The molecule has 0 fully saturated rings. The van der Waals surface area contributed by atoms with Crippen molar-refractivity contribution in [3.8, 4) is 0 Å². The topological polar surface area (TPSA) is 56.8 Å². The molecule has 0 amide bonds. The molecule has 0 atom stereocenters. The van der Waals surface area contributed by atoms with Gasteiger partial charge in [-0.3, -0.25) is 0 Å². The number of pyridine rings is 1. The summed E-state index contributed by atoms with van der Waals surface area (Å²) >= 11 is 0. The van der Waals surface area contributed by atoms with E-state index in [4.69, 9.17) is 0 Å². The van der Waals surface area contributed by atoms with Crippen LogP contribution in [-0.2, 0) is 6.54 Å². The second-order valence-corrected chi connectivity index (χ2v) is 3.66. The molecular formula is C11H15N5. The van der Waals surface area contributed by atoms with Gasteiger partial charge in [-0.1, -0.05) is 6.07 Å². The minimum Gasteiger partial charge on any atom is -0.363 e. The van der Waals surface area contributed by atoms with Gasteiger partial charge >= 0.3 is 0 Å². The number of aromatic amines is 1. The molecule has 2 N–H and O–H groups in total. The molecule has 0 bridgehead atoms. The Hall–Kier alpha value is -2.04. The number of H-pyrrole nitrogens is 1. The molecule has 2 aromatic rings. The standard InChI is InChI=1S/C11H15N5/c1-16(2)11-5-3-4-9(15-11)14-8-10-12-6-7-13-10/h3-7H,8H2,1-2H3,(H,12,13)(H,14,15). The van der Waals surface area contributed by atoms with Crippen LogP contribution in [0.2, 0.25) is 0 Å². The van der Waals surface area contributed by atoms with Crippen LogP contribution in [0.4, 0.5) is 11.6 Å². The van der Waals surface area contributed by atoms with Crippen LogP contribution >= 0.6 is 0 Å². The van der Waals surface area contributed by atoms with E-state index in [1.165, 1.54) is 0 Å². The number of rotatable bonds is 4. The van der Waals surface area contributed by atoms with Crippen LogP contribution in [0.25, 0.3) is 0 Å². The van der Waals surface area contributed by atoms with Gasteiger partial charge in [0.05, 0.1) is 6.54 Å². The maximum Gasteiger partial charge on any atom is 0.130 e. The van der Waals surface area contributed by atoms with E-state index in [2.05, 4.69) is 20.3 Å². The number of imidazole rings is 1. The quantitative estimate of drug-likeness (QED) is 0.814. The van der Waals surface area contributed by atoms with Crippen molar-refractivity contribution in [1.82, 2.24) is 15.0 Å². The van der Waals surface area contributed by atoms with Crippen molar-refractivity contribution in [2.45, 2.75) is 6.54 Å². The zero-order valence-corrected chi connectivity index (χ0v) is 9.44. The molecule has 2 aromatic heterocycles. The van der Waals surface area contributed by atoms with Gasteiger partial charge in [-0.05, 0) is 12.1 Å². The van der Waals surface area contributed by atoms with Crippen LogP contribution < -0.4 is 10.2 Å². The zero-order chi connectivity index (χ0) is 11.4. The predicted octanol–water partition coefficient (Wildman–Crippen LogP) is 1.48. The summed E-state index contributed by atoms with van der Waals surface area (Å²) < 4.78 is 0. The first-order valence-corrected chi connectivity index (χ1v) is 5.12. The lowest BCUT2D eigenvalue weighted by atomic mass is 10.4. The monoisotopic (exact) mass is 217 g/mol. The number of hydrogen-bond donors (Lipinski definition) is 2. The molecule has 0 aromatic carbocycles. The highest BCUT2D eigenvalue weighted by atomic mass is 15.2. The Balaban J connectivity index is 2.01. The molecule has 0 aliphatic heterocycles. The van der Waals surface area contributed by atoms with Crippen molar-refractivity contribution in [3.63, 3.8) is 0 Å². The lowest BCUT2D eigenvalue weighted by molar-refractivity contribution is 0.981. The fourth-order valence-electron chi connectivity index (χ4n) is 1.34. The van der Waals surface area contributed by atoms with E-state index in [-0.39, 0.29) is 0 Å². The Kier molecular flexibility index (Phi) is 3.05. The Labute approximate surface area is 94.5 Å². The number of nitrogens with one attached hydrogen (secondary N) is 2. The van der Waals surface area contributed by atoms with Crippen molar-refractivity contribution in [3.05, 3.63) is 36.4 Å². The highest BCUT2D eigenvalue weighted by Crippen LogP contribution is 2.11. The van der Waals surface area contributed by atoms with Gasteiger partial charge in [-0.2, -0.15) is 0 Å². The number of hydrogen-bond acceptors (Lipinski definition) is 4. The van der Waals surface area contributed by atoms with Crippen LogP contribution in [0.1, 0.15) is 5.82 Å². The highest BCUT2D eigenvalue weighted by Gasteiger charge is 1.99. The molecule has 0 aliphatic carbocycles. The molecule has 0 unspecified atom stereocenters. The molecule has 0 aliphatic rings. The van der Waals surface area contributed by atoms with Crippen LogP contribution in [0, 0.1) is 0 Å². The van der Waals surface area contributed by atoms with E-state index in [0.29, 0.717) is 6.54 Å². The van der Waals surface area contributed by atoms with Gasteiger partial charge in [0.15, 0.2) is 0 Å². The summed E-state index contributed by atoms with van der Waals surface area (Å²) in [6.45, 7) is 0.650. The second kappa shape index (κ2) is 4.65. The minimum absolute atomic E-state index is 0.650. The molecule has 2 heterocycles. The van der Waals surface area contributed by atoms with Crippen molar-refractivity contribution >= 4 is 11.6 Å². The second-order valence-electron chi connectivity index (χ2n) is 3.66. The molecule has 0 saturated carbocycles. The summed E-state index contributed by atoms with van der Waals surface area (Å²) in [5, 5.41) is 3.21. The molecule has 5 heteroatoms. The van der Waals surface area contributed by atoms with Gasteiger partial charge in [0.25, 0.3) is 0 Å². The molecule has 0 saturated heterocycles. The third-order valence-corrected chi connectivity index (χ3v) is 2.18. The molecule has 2 rings (SSSR count). The van der Waals surface area contributed by atoms with Crippen molar-refractivity contribution in [2.75, 3.05) is 24.3 Å². The Morgan fingerprint density at radius 3 is 2.94 bits per heavy atom. The van der Waals surface area contributed by atoms with E-state index in [1.54, 1.807) is 12.4 Å². The summed E-state index contributed by atoms with van der Waals surface area (Å²) in [6, 6.07) is 5.89. The molecule has 16 heavy (non-hydrogen) atoms. The lowest BCUT2D eigenvalue weighted by Gasteiger charge is -2.12. The van der Waals surface area contributed by atoms with E-state index in [9.17, 15) is 0 Å². The fourth-order valence-corrected chi connectivity index (χ4v) is 1.34. The number of aromatic nitrogens is 3. The SMILES string of the molecule is CN(C)c1cccc(NCc2ncc[nH]2)n1. The maximum absolute atomic E-state index is 4.44. The average Bonchev–Trinajstić information content (AvgIpc) is 2.79. The van der Waals surface area contributed by atoms with Gasteiger partial charge in [0.2, 0.25) is 0 Å². The Morgan fingerprint density at radius 2 is 2.25 bits per heavy atom. The van der Waals surface area contributed by atoms with E-state index in [1.807, 2.05) is 37.2 Å². The Morgan fingerprint density at radius 1 is 1.38 bits per heavy atom. The van der Waals surface area contributed by atoms with Crippen molar-refractivity contribution in [1.29, 1.82) is 0 Å². The average molecular weight is 217 g/mol. The molecule has 0 radical (unpaired) electrons. The van der Waals surface area contributed by atoms with Crippen LogP contribution in [-0.4, -0.2) is 29.0 Å². The maximum atomic E-state index is 4.44. The first kappa shape index (κ1) is 10.5. The van der Waals surface area contributed by atoms with Gasteiger partial charge in [0.1, 0.15) is 17.5 Å². The fraction of sp³-hybridized carbons (Fsp3) is 0.273. The van der Waals surface area contributed by atoms with Crippen LogP contribution in [0.5, 0.6) is 0 Å². The summed E-state index contributed by atoms with van der Waals surface area (Å²) in [7, 11) is 3.94. The van der Waals surface area contributed by atoms with Crippen molar-refractivity contribution in [2.24, 2.45) is 0 Å². The zero-order valence-electron chi connectivity index (χ0n) is 9.44. The van der Waals surface area contributed by atoms with E-state index in [0.717, 1.165) is 17.5 Å². The largest absolute Gasteiger partial charge is 0.363 e. The molecule has 84 valence electrons. The normalized spacial score (nSPS) is 10.1. The summed E-state index contributed by atoms with van der Waals surface area (Å²) in [6.07, 6.45) is 3.54. The number of nitrogens with zero attached hydrogens (tertiary/aromatic N) is 3. The summed E-state index contributed by atoms with van der Waals surface area (Å²) in [5.41, 5.74) is 0. The minimum atomic E-state index is 0.650.